The van der Waals surface area contributed by atoms with Crippen LogP contribution in [0, 0.1) is 0 Å². The van der Waals surface area contributed by atoms with Gasteiger partial charge in [0.2, 0.25) is 0 Å². The molecule has 2 nitrogen and oxygen atoms in total. The fourth-order valence-corrected chi connectivity index (χ4v) is 0. The van der Waals surface area contributed by atoms with Crippen LogP contribution < -0.4 is 0 Å². The van der Waals surface area contributed by atoms with Crippen molar-refractivity contribution in [1.82, 2.24) is 0 Å². The van der Waals surface area contributed by atoms with E-state index in [2.05, 4.69) is 4.74 Å². The van der Waals surface area contributed by atoms with Crippen LogP contribution in [0.5, 0.6) is 0 Å². The minimum absolute atomic E-state index is 0. The first-order chi connectivity index (χ1) is 1.91. The van der Waals surface area contributed by atoms with Crippen molar-refractivity contribution in [3.05, 3.63) is 0 Å². The molecule has 0 unspecified atom stereocenters. The molecule has 3 heteroatoms. The van der Waals surface area contributed by atoms with Gasteiger partial charge in [-0.05, 0) is 0 Å². The summed E-state index contributed by atoms with van der Waals surface area (Å²) in [6, 6.07) is 0. The molecule has 0 bridgehead atoms. The van der Waals surface area contributed by atoms with Crippen molar-refractivity contribution in [2.75, 3.05) is 7.11 Å². The van der Waals surface area contributed by atoms with E-state index < -0.39 is 0 Å². The summed E-state index contributed by atoms with van der Waals surface area (Å²) in [4.78, 5) is 8.95. The zero-order valence-electron chi connectivity index (χ0n) is 2.71. The SMILES string of the molecule is COC=O.[Pd]. The van der Waals surface area contributed by atoms with E-state index in [0.717, 1.165) is 0 Å². The Bertz CT molecular complexity index is 21.6. The predicted octanol–water partition coefficient (Wildman–Crippen LogP) is -0.213. The van der Waals surface area contributed by atoms with Crippen molar-refractivity contribution in [1.29, 1.82) is 0 Å². The molecule has 0 N–H and O–H groups in total. The molecule has 0 aromatic rings. The van der Waals surface area contributed by atoms with Gasteiger partial charge in [-0.25, -0.2) is 0 Å². The molecule has 0 aromatic carbocycles. The van der Waals surface area contributed by atoms with Crippen LogP contribution in [0.25, 0.3) is 0 Å². The van der Waals surface area contributed by atoms with Crippen molar-refractivity contribution in [2.24, 2.45) is 0 Å². The Morgan fingerprint density at radius 1 is 1.80 bits per heavy atom. The second-order valence-electron chi connectivity index (χ2n) is 0.332. The van der Waals surface area contributed by atoms with Gasteiger partial charge in [-0.1, -0.05) is 0 Å². The smallest absolute Gasteiger partial charge is 0.292 e. The normalized spacial score (nSPS) is 4.20. The van der Waals surface area contributed by atoms with Gasteiger partial charge >= 0.3 is 0 Å². The Hall–Kier alpha value is 0.132. The molecule has 0 radical (unpaired) electrons. The molecule has 0 aromatic heterocycles. The molecular formula is C2H4O2Pd. The third kappa shape index (κ3) is 14.7. The standard InChI is InChI=1S/C2H4O2.Pd/c1-4-2-3;/h2H,1H3;. The summed E-state index contributed by atoms with van der Waals surface area (Å²) < 4.78 is 3.86. The maximum atomic E-state index is 8.95. The van der Waals surface area contributed by atoms with E-state index in [1.54, 1.807) is 0 Å². The third-order valence-electron chi connectivity index (χ3n) is 0.0962. The van der Waals surface area contributed by atoms with Crippen molar-refractivity contribution < 1.29 is 30.0 Å². The number of hydrogen-bond acceptors (Lipinski definition) is 2. The van der Waals surface area contributed by atoms with E-state index in [4.69, 9.17) is 4.79 Å². The molecular weight excluding hydrogens is 162 g/mol. The van der Waals surface area contributed by atoms with Crippen LogP contribution >= 0.6 is 0 Å². The van der Waals surface area contributed by atoms with Gasteiger partial charge in [-0.2, -0.15) is 0 Å². The van der Waals surface area contributed by atoms with Crippen LogP contribution in [0.15, 0.2) is 0 Å². The Kier molecular flexibility index (Phi) is 15.9. The Morgan fingerprint density at radius 3 is 2.00 bits per heavy atom. The van der Waals surface area contributed by atoms with E-state index in [1.807, 2.05) is 0 Å². The molecule has 0 atom stereocenters. The average Bonchev–Trinajstić information content (AvgIpc) is 1.37. The molecule has 0 aliphatic rings. The largest absolute Gasteiger partial charge is 0.471 e. The first-order valence-corrected chi connectivity index (χ1v) is 0.880. The van der Waals surface area contributed by atoms with Gasteiger partial charge < -0.3 is 4.74 Å². The fraction of sp³-hybridized carbons (Fsp3) is 0.500. The summed E-state index contributed by atoms with van der Waals surface area (Å²) in [6.45, 7) is 0.375. The van der Waals surface area contributed by atoms with E-state index in [0.29, 0.717) is 6.47 Å². The third-order valence-corrected chi connectivity index (χ3v) is 0.0962. The van der Waals surface area contributed by atoms with Crippen LogP contribution in [0.2, 0.25) is 0 Å². The van der Waals surface area contributed by atoms with Crippen LogP contribution in [0.3, 0.4) is 0 Å². The first kappa shape index (κ1) is 8.93. The van der Waals surface area contributed by atoms with Crippen molar-refractivity contribution in [2.45, 2.75) is 0 Å². The predicted molar refractivity (Wildman–Crippen MR) is 13.1 cm³/mol. The van der Waals surface area contributed by atoms with E-state index in [9.17, 15) is 0 Å². The van der Waals surface area contributed by atoms with Crippen molar-refractivity contribution in [3.63, 3.8) is 0 Å². The quantitative estimate of drug-likeness (QED) is 0.398. The molecule has 0 rings (SSSR count). The molecule has 0 aliphatic heterocycles. The van der Waals surface area contributed by atoms with Gasteiger partial charge in [0.15, 0.2) is 0 Å². The van der Waals surface area contributed by atoms with Gasteiger partial charge in [0, 0.05) is 20.4 Å². The number of carbonyl (C=O) groups excluding carboxylic acids is 1. The van der Waals surface area contributed by atoms with Crippen LogP contribution in [0.4, 0.5) is 0 Å². The summed E-state index contributed by atoms with van der Waals surface area (Å²) >= 11 is 0. The monoisotopic (exact) mass is 166 g/mol. The number of hydrogen-bond donors (Lipinski definition) is 0. The minimum Gasteiger partial charge on any atom is -0.471 e. The molecule has 0 heterocycles. The maximum absolute atomic E-state index is 8.95. The second kappa shape index (κ2) is 8.92. The molecule has 0 saturated carbocycles. The summed E-state index contributed by atoms with van der Waals surface area (Å²) in [5.74, 6) is 0. The first-order valence-electron chi connectivity index (χ1n) is 0.880. The fourth-order valence-electron chi connectivity index (χ4n) is 0. The maximum Gasteiger partial charge on any atom is 0.292 e. The van der Waals surface area contributed by atoms with Crippen LogP contribution in [-0.2, 0) is 30.0 Å². The molecule has 0 aliphatic carbocycles. The Morgan fingerprint density at radius 2 is 2.00 bits per heavy atom. The molecule has 0 saturated heterocycles. The molecule has 34 valence electrons. The molecule has 0 fully saturated rings. The summed E-state index contributed by atoms with van der Waals surface area (Å²) in [5, 5.41) is 0. The van der Waals surface area contributed by atoms with E-state index in [1.165, 1.54) is 7.11 Å². The molecule has 5 heavy (non-hydrogen) atoms. The van der Waals surface area contributed by atoms with E-state index >= 15 is 0 Å². The minimum atomic E-state index is 0. The van der Waals surface area contributed by atoms with E-state index in [-0.39, 0.29) is 20.4 Å². The van der Waals surface area contributed by atoms with Crippen LogP contribution in [0.1, 0.15) is 0 Å². The van der Waals surface area contributed by atoms with Crippen molar-refractivity contribution in [3.8, 4) is 0 Å². The summed E-state index contributed by atoms with van der Waals surface area (Å²) in [7, 11) is 1.31. The zero-order chi connectivity index (χ0) is 3.41. The van der Waals surface area contributed by atoms with Crippen molar-refractivity contribution >= 4 is 6.47 Å². The molecule has 0 spiro atoms. The average molecular weight is 166 g/mol. The number of ether oxygens (including phenoxy) is 1. The topological polar surface area (TPSA) is 26.3 Å². The summed E-state index contributed by atoms with van der Waals surface area (Å²) in [6.07, 6.45) is 0. The Balaban J connectivity index is 0. The van der Waals surface area contributed by atoms with Gasteiger partial charge in [0.25, 0.3) is 6.47 Å². The van der Waals surface area contributed by atoms with Gasteiger partial charge in [0.1, 0.15) is 0 Å². The number of methoxy groups -OCH3 is 1. The number of carbonyl (C=O) groups is 1. The molecule has 0 amide bonds. The Labute approximate surface area is 44.2 Å². The van der Waals surface area contributed by atoms with Crippen LogP contribution in [-0.4, -0.2) is 13.6 Å². The number of rotatable bonds is 1. The van der Waals surface area contributed by atoms with Gasteiger partial charge in [0.05, 0.1) is 7.11 Å². The van der Waals surface area contributed by atoms with Gasteiger partial charge in [-0.15, -0.1) is 0 Å². The summed E-state index contributed by atoms with van der Waals surface area (Å²) in [5.41, 5.74) is 0. The zero-order valence-corrected chi connectivity index (χ0v) is 4.26. The van der Waals surface area contributed by atoms with Gasteiger partial charge in [-0.3, -0.25) is 4.79 Å². The second-order valence-corrected chi connectivity index (χ2v) is 0.332.